The van der Waals surface area contributed by atoms with Crippen LogP contribution in [0.4, 0.5) is 11.6 Å². The van der Waals surface area contributed by atoms with Crippen LogP contribution < -0.4 is 15.8 Å². The van der Waals surface area contributed by atoms with Gasteiger partial charge in [0, 0.05) is 13.1 Å². The fourth-order valence-electron chi connectivity index (χ4n) is 1.44. The molecule has 1 aromatic rings. The summed E-state index contributed by atoms with van der Waals surface area (Å²) in [5.41, 5.74) is 0. The molecular formula is C11H18Cl2N4O2S. The van der Waals surface area contributed by atoms with Crippen molar-refractivity contribution in [1.29, 1.82) is 0 Å². The van der Waals surface area contributed by atoms with Gasteiger partial charge in [-0.05, 0) is 18.9 Å². The lowest BCUT2D eigenvalue weighted by Crippen LogP contribution is -2.19. The lowest BCUT2D eigenvalue weighted by Gasteiger charge is -2.12. The number of halogens is 2. The first-order valence-corrected chi connectivity index (χ1v) is 8.65. The number of nitrogens with two attached hydrogens (primary N) is 1. The predicted octanol–water partition coefficient (Wildman–Crippen LogP) is 2.30. The zero-order valence-corrected chi connectivity index (χ0v) is 13.4. The third kappa shape index (κ3) is 6.13. The zero-order chi connectivity index (χ0) is 15.2. The van der Waals surface area contributed by atoms with Gasteiger partial charge in [-0.2, -0.15) is 0 Å². The van der Waals surface area contributed by atoms with Crippen LogP contribution in [0.15, 0.2) is 6.07 Å². The Morgan fingerprint density at radius 2 is 1.75 bits per heavy atom. The summed E-state index contributed by atoms with van der Waals surface area (Å²) in [6.07, 6.45) is 1.31. The fourth-order valence-corrected chi connectivity index (χ4v) is 2.48. The molecule has 114 valence electrons. The number of sulfonamides is 1. The minimum absolute atomic E-state index is 0.0911. The van der Waals surface area contributed by atoms with E-state index in [-0.39, 0.29) is 5.75 Å². The van der Waals surface area contributed by atoms with Crippen LogP contribution in [0.5, 0.6) is 0 Å². The van der Waals surface area contributed by atoms with E-state index in [9.17, 15) is 8.42 Å². The number of primary sulfonamides is 1. The number of nitrogens with zero attached hydrogens (tertiary/aromatic N) is 1. The normalized spacial score (nSPS) is 11.4. The number of anilines is 2. The lowest BCUT2D eigenvalue weighted by molar-refractivity contribution is 0.595. The Morgan fingerprint density at radius 3 is 2.25 bits per heavy atom. The van der Waals surface area contributed by atoms with Crippen molar-refractivity contribution in [2.24, 2.45) is 5.14 Å². The summed E-state index contributed by atoms with van der Waals surface area (Å²) in [6, 6.07) is 1.59. The number of nitrogens with one attached hydrogen (secondary N) is 2. The maximum atomic E-state index is 10.8. The van der Waals surface area contributed by atoms with Crippen LogP contribution >= 0.6 is 23.2 Å². The van der Waals surface area contributed by atoms with Gasteiger partial charge in [0.25, 0.3) is 0 Å². The third-order valence-corrected chi connectivity index (χ3v) is 3.80. The average molecular weight is 341 g/mol. The molecular weight excluding hydrogens is 323 g/mol. The van der Waals surface area contributed by atoms with Gasteiger partial charge in [0.1, 0.15) is 11.6 Å². The Morgan fingerprint density at radius 1 is 1.20 bits per heavy atom. The zero-order valence-electron chi connectivity index (χ0n) is 11.1. The van der Waals surface area contributed by atoms with E-state index in [1.165, 1.54) is 0 Å². The summed E-state index contributed by atoms with van der Waals surface area (Å²) in [5, 5.41) is 11.8. The molecule has 0 bridgehead atoms. The summed E-state index contributed by atoms with van der Waals surface area (Å²) < 4.78 is 21.6. The van der Waals surface area contributed by atoms with Crippen LogP contribution in [0.3, 0.4) is 0 Å². The quantitative estimate of drug-likeness (QED) is 0.631. The number of aromatic nitrogens is 1. The second-order valence-corrected chi connectivity index (χ2v) is 6.77. The number of hydrogen-bond acceptors (Lipinski definition) is 5. The van der Waals surface area contributed by atoms with Gasteiger partial charge in [0.15, 0.2) is 0 Å². The third-order valence-electron chi connectivity index (χ3n) is 2.37. The minimum atomic E-state index is -3.44. The number of pyridine rings is 1. The second kappa shape index (κ2) is 7.87. The number of hydrogen-bond donors (Lipinski definition) is 3. The molecule has 0 atom stereocenters. The van der Waals surface area contributed by atoms with E-state index in [2.05, 4.69) is 15.6 Å². The van der Waals surface area contributed by atoms with Crippen molar-refractivity contribution in [3.05, 3.63) is 16.1 Å². The summed E-state index contributed by atoms with van der Waals surface area (Å²) in [7, 11) is -3.44. The van der Waals surface area contributed by atoms with Gasteiger partial charge in [0.2, 0.25) is 10.0 Å². The average Bonchev–Trinajstić information content (AvgIpc) is 2.34. The SMILES string of the molecule is CCCNc1nc(NCCCS(N)(=O)=O)c(Cl)cc1Cl. The van der Waals surface area contributed by atoms with Gasteiger partial charge in [-0.25, -0.2) is 18.5 Å². The highest BCUT2D eigenvalue weighted by atomic mass is 35.5. The Hall–Kier alpha value is -0.760. The molecule has 0 saturated carbocycles. The van der Waals surface area contributed by atoms with Gasteiger partial charge >= 0.3 is 0 Å². The Kier molecular flexibility index (Phi) is 6.81. The van der Waals surface area contributed by atoms with Crippen molar-refractivity contribution in [1.82, 2.24) is 4.98 Å². The summed E-state index contributed by atoms with van der Waals surface area (Å²) in [6.45, 7) is 3.18. The standard InChI is InChI=1S/C11H18Cl2N4O2S/c1-2-4-15-10-8(12)7-9(13)11(17-10)16-5-3-6-20(14,18)19/h7H,2-6H2,1H3,(H2,14,18,19)(H2,15,16,17). The van der Waals surface area contributed by atoms with Gasteiger partial charge in [-0.3, -0.25) is 0 Å². The van der Waals surface area contributed by atoms with E-state index >= 15 is 0 Å². The maximum Gasteiger partial charge on any atom is 0.209 e. The second-order valence-electron chi connectivity index (χ2n) is 4.22. The Labute approximate surface area is 129 Å². The van der Waals surface area contributed by atoms with Crippen LogP contribution in [-0.2, 0) is 10.0 Å². The molecule has 0 radical (unpaired) electrons. The molecule has 1 aromatic heterocycles. The van der Waals surface area contributed by atoms with E-state index in [0.29, 0.717) is 34.6 Å². The Balaban J connectivity index is 2.64. The van der Waals surface area contributed by atoms with E-state index in [4.69, 9.17) is 28.3 Å². The molecule has 0 aromatic carbocycles. The van der Waals surface area contributed by atoms with Gasteiger partial charge < -0.3 is 10.6 Å². The molecule has 4 N–H and O–H groups in total. The highest BCUT2D eigenvalue weighted by Gasteiger charge is 2.09. The highest BCUT2D eigenvalue weighted by molar-refractivity contribution is 7.89. The van der Waals surface area contributed by atoms with Crippen molar-refractivity contribution in [3.8, 4) is 0 Å². The van der Waals surface area contributed by atoms with E-state index in [0.717, 1.165) is 13.0 Å². The number of rotatable bonds is 8. The van der Waals surface area contributed by atoms with Crippen molar-refractivity contribution in [2.75, 3.05) is 29.5 Å². The molecule has 0 saturated heterocycles. The minimum Gasteiger partial charge on any atom is -0.369 e. The van der Waals surface area contributed by atoms with Crippen molar-refractivity contribution in [3.63, 3.8) is 0 Å². The molecule has 20 heavy (non-hydrogen) atoms. The molecule has 0 unspecified atom stereocenters. The van der Waals surface area contributed by atoms with E-state index in [1.54, 1.807) is 6.07 Å². The summed E-state index contributed by atoms with van der Waals surface area (Å²) in [4.78, 5) is 4.28. The predicted molar refractivity (Wildman–Crippen MR) is 84.1 cm³/mol. The highest BCUT2D eigenvalue weighted by Crippen LogP contribution is 2.29. The molecule has 0 spiro atoms. The van der Waals surface area contributed by atoms with Crippen molar-refractivity contribution >= 4 is 44.9 Å². The van der Waals surface area contributed by atoms with Crippen LogP contribution in [0.2, 0.25) is 10.0 Å². The first kappa shape index (κ1) is 17.3. The molecule has 0 fully saturated rings. The van der Waals surface area contributed by atoms with Crippen LogP contribution in [0.1, 0.15) is 19.8 Å². The molecule has 1 rings (SSSR count). The lowest BCUT2D eigenvalue weighted by atomic mass is 10.4. The summed E-state index contributed by atoms with van der Waals surface area (Å²) in [5.74, 6) is 0.919. The first-order valence-electron chi connectivity index (χ1n) is 6.17. The monoisotopic (exact) mass is 340 g/mol. The maximum absolute atomic E-state index is 10.8. The van der Waals surface area contributed by atoms with Crippen molar-refractivity contribution < 1.29 is 8.42 Å². The van der Waals surface area contributed by atoms with E-state index < -0.39 is 10.0 Å². The first-order chi connectivity index (χ1) is 9.33. The van der Waals surface area contributed by atoms with Gasteiger partial charge in [-0.15, -0.1) is 0 Å². The molecule has 0 aliphatic heterocycles. The largest absolute Gasteiger partial charge is 0.369 e. The van der Waals surface area contributed by atoms with Crippen LogP contribution in [0, 0.1) is 0 Å². The molecule has 1 heterocycles. The Bertz CT molecular complexity index is 552. The topological polar surface area (TPSA) is 97.1 Å². The van der Waals surface area contributed by atoms with Crippen molar-refractivity contribution in [2.45, 2.75) is 19.8 Å². The van der Waals surface area contributed by atoms with E-state index in [1.807, 2.05) is 6.92 Å². The summed E-state index contributed by atoms with van der Waals surface area (Å²) >= 11 is 12.0. The van der Waals surface area contributed by atoms with Gasteiger partial charge in [0.05, 0.1) is 15.8 Å². The molecule has 6 nitrogen and oxygen atoms in total. The molecule has 0 aliphatic carbocycles. The smallest absolute Gasteiger partial charge is 0.209 e. The fraction of sp³-hybridized carbons (Fsp3) is 0.545. The van der Waals surface area contributed by atoms with Gasteiger partial charge in [-0.1, -0.05) is 30.1 Å². The van der Waals surface area contributed by atoms with Crippen LogP contribution in [-0.4, -0.2) is 32.2 Å². The van der Waals surface area contributed by atoms with Crippen LogP contribution in [0.25, 0.3) is 0 Å². The molecule has 9 heteroatoms. The molecule has 0 aliphatic rings. The molecule has 0 amide bonds.